The summed E-state index contributed by atoms with van der Waals surface area (Å²) in [5, 5.41) is 0. The largest absolute Gasteiger partial charge is 0.479 e. The molecule has 0 N–H and O–H groups in total. The molecule has 0 unspecified atom stereocenters. The molecule has 0 aliphatic carbocycles. The SMILES string of the molecule is COc1ncnc2c1nc(CCl)n2-c1cccc(F)c1C. The van der Waals surface area contributed by atoms with E-state index in [4.69, 9.17) is 16.3 Å². The van der Waals surface area contributed by atoms with Gasteiger partial charge in [0.15, 0.2) is 11.2 Å². The molecule has 0 bridgehead atoms. The van der Waals surface area contributed by atoms with Gasteiger partial charge in [0, 0.05) is 5.56 Å². The number of nitrogens with zero attached hydrogens (tertiary/aromatic N) is 4. The van der Waals surface area contributed by atoms with Gasteiger partial charge in [0.2, 0.25) is 5.88 Å². The topological polar surface area (TPSA) is 52.8 Å². The second kappa shape index (κ2) is 5.29. The summed E-state index contributed by atoms with van der Waals surface area (Å²) in [4.78, 5) is 12.7. The molecular formula is C14H12ClFN4O. The average molecular weight is 307 g/mol. The number of rotatable bonds is 3. The Bertz CT molecular complexity index is 818. The van der Waals surface area contributed by atoms with Gasteiger partial charge in [-0.1, -0.05) is 6.07 Å². The Morgan fingerprint density at radius 1 is 1.33 bits per heavy atom. The quantitative estimate of drug-likeness (QED) is 0.698. The van der Waals surface area contributed by atoms with Gasteiger partial charge < -0.3 is 4.74 Å². The highest BCUT2D eigenvalue weighted by Gasteiger charge is 2.18. The van der Waals surface area contributed by atoms with E-state index < -0.39 is 0 Å². The molecule has 0 amide bonds. The van der Waals surface area contributed by atoms with E-state index in [-0.39, 0.29) is 11.7 Å². The Morgan fingerprint density at radius 3 is 2.86 bits per heavy atom. The summed E-state index contributed by atoms with van der Waals surface area (Å²) in [7, 11) is 1.51. The van der Waals surface area contributed by atoms with E-state index in [1.54, 1.807) is 23.6 Å². The number of halogens is 2. The Balaban J connectivity index is 2.38. The van der Waals surface area contributed by atoms with Crippen LogP contribution in [-0.2, 0) is 5.88 Å². The fourth-order valence-corrected chi connectivity index (χ4v) is 2.43. The molecule has 0 aliphatic rings. The normalized spacial score (nSPS) is 11.0. The van der Waals surface area contributed by atoms with Gasteiger partial charge in [-0.15, -0.1) is 11.6 Å². The zero-order valence-electron chi connectivity index (χ0n) is 11.5. The van der Waals surface area contributed by atoms with Gasteiger partial charge in [-0.25, -0.2) is 14.4 Å². The zero-order valence-corrected chi connectivity index (χ0v) is 12.2. The molecule has 0 saturated heterocycles. The van der Waals surface area contributed by atoms with Crippen molar-refractivity contribution in [3.8, 4) is 11.6 Å². The highest BCUT2D eigenvalue weighted by molar-refractivity contribution is 6.17. The number of methoxy groups -OCH3 is 1. The molecule has 0 saturated carbocycles. The van der Waals surface area contributed by atoms with Gasteiger partial charge in [-0.05, 0) is 19.1 Å². The van der Waals surface area contributed by atoms with Crippen LogP contribution in [-0.4, -0.2) is 26.6 Å². The number of benzene rings is 1. The maximum atomic E-state index is 13.8. The molecule has 2 heterocycles. The molecule has 3 aromatic rings. The number of hydrogen-bond acceptors (Lipinski definition) is 4. The summed E-state index contributed by atoms with van der Waals surface area (Å²) >= 11 is 5.98. The number of ether oxygens (including phenoxy) is 1. The molecule has 0 atom stereocenters. The first kappa shape index (κ1) is 13.8. The summed E-state index contributed by atoms with van der Waals surface area (Å²) in [6, 6.07) is 4.85. The van der Waals surface area contributed by atoms with E-state index in [9.17, 15) is 4.39 Å². The third-order valence-corrected chi connectivity index (χ3v) is 3.51. The first-order chi connectivity index (χ1) is 10.2. The summed E-state index contributed by atoms with van der Waals surface area (Å²) in [6.45, 7) is 1.70. The van der Waals surface area contributed by atoms with E-state index in [0.29, 0.717) is 34.1 Å². The zero-order chi connectivity index (χ0) is 15.0. The summed E-state index contributed by atoms with van der Waals surface area (Å²) in [5.74, 6) is 0.782. The summed E-state index contributed by atoms with van der Waals surface area (Å²) < 4.78 is 20.7. The van der Waals surface area contributed by atoms with Crippen LogP contribution in [0.3, 0.4) is 0 Å². The lowest BCUT2D eigenvalue weighted by Crippen LogP contribution is -2.04. The smallest absolute Gasteiger partial charge is 0.245 e. The van der Waals surface area contributed by atoms with E-state index in [1.165, 1.54) is 19.5 Å². The molecule has 7 heteroatoms. The maximum Gasteiger partial charge on any atom is 0.245 e. The van der Waals surface area contributed by atoms with E-state index in [1.807, 2.05) is 0 Å². The minimum Gasteiger partial charge on any atom is -0.479 e. The highest BCUT2D eigenvalue weighted by atomic mass is 35.5. The van der Waals surface area contributed by atoms with Gasteiger partial charge in [0.05, 0.1) is 18.7 Å². The Kier molecular flexibility index (Phi) is 3.47. The minimum atomic E-state index is -0.295. The summed E-state index contributed by atoms with van der Waals surface area (Å²) in [5.41, 5.74) is 2.18. The Morgan fingerprint density at radius 2 is 2.14 bits per heavy atom. The summed E-state index contributed by atoms with van der Waals surface area (Å²) in [6.07, 6.45) is 1.38. The standard InChI is InChI=1S/C14H12ClFN4O/c1-8-9(16)4-3-5-10(8)20-11(6-15)19-12-13(20)17-7-18-14(12)21-2/h3-5,7H,6H2,1-2H3. The number of aromatic nitrogens is 4. The van der Waals surface area contributed by atoms with Crippen LogP contribution in [0.2, 0.25) is 0 Å². The molecule has 5 nitrogen and oxygen atoms in total. The third kappa shape index (κ3) is 2.12. The van der Waals surface area contributed by atoms with Gasteiger partial charge in [-0.3, -0.25) is 4.57 Å². The van der Waals surface area contributed by atoms with Crippen molar-refractivity contribution in [1.29, 1.82) is 0 Å². The lowest BCUT2D eigenvalue weighted by Gasteiger charge is -2.10. The van der Waals surface area contributed by atoms with Gasteiger partial charge in [0.1, 0.15) is 18.0 Å². The van der Waals surface area contributed by atoms with Crippen LogP contribution in [0.5, 0.6) is 5.88 Å². The molecular weight excluding hydrogens is 295 g/mol. The van der Waals surface area contributed by atoms with Crippen LogP contribution < -0.4 is 4.74 Å². The van der Waals surface area contributed by atoms with Crippen LogP contribution in [0.4, 0.5) is 4.39 Å². The molecule has 0 radical (unpaired) electrons. The van der Waals surface area contributed by atoms with E-state index in [0.717, 1.165) is 0 Å². The van der Waals surface area contributed by atoms with Crippen LogP contribution in [0, 0.1) is 12.7 Å². The number of imidazole rings is 1. The number of fused-ring (bicyclic) bond motifs is 1. The number of alkyl halides is 1. The molecule has 108 valence electrons. The van der Waals surface area contributed by atoms with Gasteiger partial charge >= 0.3 is 0 Å². The van der Waals surface area contributed by atoms with Crippen molar-refractivity contribution in [2.45, 2.75) is 12.8 Å². The first-order valence-electron chi connectivity index (χ1n) is 6.25. The second-order valence-corrected chi connectivity index (χ2v) is 4.70. The van der Waals surface area contributed by atoms with Crippen molar-refractivity contribution >= 4 is 22.8 Å². The van der Waals surface area contributed by atoms with E-state index >= 15 is 0 Å². The monoisotopic (exact) mass is 306 g/mol. The molecule has 0 aliphatic heterocycles. The maximum absolute atomic E-state index is 13.8. The van der Waals surface area contributed by atoms with Gasteiger partial charge in [-0.2, -0.15) is 4.98 Å². The fraction of sp³-hybridized carbons (Fsp3) is 0.214. The van der Waals surface area contributed by atoms with Crippen molar-refractivity contribution in [1.82, 2.24) is 19.5 Å². The molecule has 3 rings (SSSR count). The predicted octanol–water partition coefficient (Wildman–Crippen LogP) is 3.01. The Labute approximate surface area is 125 Å². The first-order valence-corrected chi connectivity index (χ1v) is 6.78. The molecule has 21 heavy (non-hydrogen) atoms. The van der Waals surface area contributed by atoms with Crippen LogP contribution in [0.1, 0.15) is 11.4 Å². The number of hydrogen-bond donors (Lipinski definition) is 0. The van der Waals surface area contributed by atoms with Crippen molar-refractivity contribution in [3.05, 3.63) is 41.7 Å². The Hall–Kier alpha value is -2.21. The third-order valence-electron chi connectivity index (χ3n) is 3.27. The average Bonchev–Trinajstić information content (AvgIpc) is 2.88. The van der Waals surface area contributed by atoms with Crippen LogP contribution in [0.15, 0.2) is 24.5 Å². The molecule has 0 fully saturated rings. The lowest BCUT2D eigenvalue weighted by molar-refractivity contribution is 0.401. The van der Waals surface area contributed by atoms with Crippen molar-refractivity contribution < 1.29 is 9.13 Å². The van der Waals surface area contributed by atoms with E-state index in [2.05, 4.69) is 15.0 Å². The molecule has 2 aromatic heterocycles. The molecule has 0 spiro atoms. The van der Waals surface area contributed by atoms with Crippen LogP contribution >= 0.6 is 11.6 Å². The second-order valence-electron chi connectivity index (χ2n) is 4.44. The van der Waals surface area contributed by atoms with Crippen molar-refractivity contribution in [2.24, 2.45) is 0 Å². The highest BCUT2D eigenvalue weighted by Crippen LogP contribution is 2.28. The lowest BCUT2D eigenvalue weighted by atomic mass is 10.2. The molecule has 1 aromatic carbocycles. The van der Waals surface area contributed by atoms with Crippen molar-refractivity contribution in [2.75, 3.05) is 7.11 Å². The van der Waals surface area contributed by atoms with Gasteiger partial charge in [0.25, 0.3) is 0 Å². The fourth-order valence-electron chi connectivity index (χ4n) is 2.25. The predicted molar refractivity (Wildman–Crippen MR) is 77.5 cm³/mol. The minimum absolute atomic E-state index is 0.162. The van der Waals surface area contributed by atoms with Crippen molar-refractivity contribution in [3.63, 3.8) is 0 Å². The van der Waals surface area contributed by atoms with Crippen LogP contribution in [0.25, 0.3) is 16.9 Å².